The van der Waals surface area contributed by atoms with Crippen molar-refractivity contribution in [1.29, 1.82) is 0 Å². The van der Waals surface area contributed by atoms with Crippen molar-refractivity contribution in [3.8, 4) is 0 Å². The predicted molar refractivity (Wildman–Crippen MR) is 146 cm³/mol. The molecule has 2 aromatic heterocycles. The second-order valence-corrected chi connectivity index (χ2v) is 13.4. The standard InChI is InChI=1S/C29H44N6O2/c1-27(2,22-6-8-24(32-30-22)34-14-12-29(5,19-36)13-15-34)10-11-28(3,4)23-7-9-25(33-31-23)35-17-20-16-21(18-35)26(20)37/h6-9,20-21,26,36-37H,10-19H2,1-5H3. The molecule has 4 fully saturated rings. The molecule has 2 aromatic rings. The largest absolute Gasteiger partial charge is 0.396 e. The number of anilines is 2. The molecule has 6 rings (SSSR count). The highest BCUT2D eigenvalue weighted by Crippen LogP contribution is 2.41. The van der Waals surface area contributed by atoms with Crippen LogP contribution >= 0.6 is 0 Å². The minimum absolute atomic E-state index is 0.0285. The van der Waals surface area contributed by atoms with Crippen LogP contribution in [-0.2, 0) is 10.8 Å². The molecule has 3 saturated heterocycles. The summed E-state index contributed by atoms with van der Waals surface area (Å²) in [4.78, 5) is 4.55. The second-order valence-electron chi connectivity index (χ2n) is 13.4. The lowest BCUT2D eigenvalue weighted by molar-refractivity contribution is -0.0533. The fraction of sp³-hybridized carbons (Fsp3) is 0.724. The number of nitrogens with zero attached hydrogens (tertiary/aromatic N) is 6. The summed E-state index contributed by atoms with van der Waals surface area (Å²) in [6.07, 6.45) is 4.88. The van der Waals surface area contributed by atoms with Gasteiger partial charge in [-0.15, -0.1) is 10.2 Å². The molecule has 2 atom stereocenters. The third-order valence-electron chi connectivity index (χ3n) is 9.54. The van der Waals surface area contributed by atoms with E-state index in [1.165, 1.54) is 0 Å². The summed E-state index contributed by atoms with van der Waals surface area (Å²) >= 11 is 0. The molecular weight excluding hydrogens is 464 g/mol. The zero-order valence-corrected chi connectivity index (χ0v) is 23.2. The van der Waals surface area contributed by atoms with Crippen LogP contribution in [0, 0.1) is 17.3 Å². The fourth-order valence-electron chi connectivity index (χ4n) is 6.07. The first-order valence-electron chi connectivity index (χ1n) is 14.0. The molecule has 202 valence electrons. The van der Waals surface area contributed by atoms with Crippen molar-refractivity contribution in [2.75, 3.05) is 42.6 Å². The van der Waals surface area contributed by atoms with Gasteiger partial charge in [-0.2, -0.15) is 10.2 Å². The molecule has 3 aliphatic heterocycles. The summed E-state index contributed by atoms with van der Waals surface area (Å²) in [7, 11) is 0. The van der Waals surface area contributed by atoms with Crippen LogP contribution in [0.3, 0.4) is 0 Å². The third kappa shape index (κ3) is 5.32. The van der Waals surface area contributed by atoms with Gasteiger partial charge in [0.05, 0.1) is 17.5 Å². The van der Waals surface area contributed by atoms with E-state index in [1.807, 2.05) is 0 Å². The summed E-state index contributed by atoms with van der Waals surface area (Å²) < 4.78 is 0. The smallest absolute Gasteiger partial charge is 0.151 e. The number of aliphatic hydroxyl groups excluding tert-OH is 2. The molecule has 37 heavy (non-hydrogen) atoms. The average Bonchev–Trinajstić information content (AvgIpc) is 2.92. The van der Waals surface area contributed by atoms with Crippen LogP contribution in [0.1, 0.15) is 78.1 Å². The van der Waals surface area contributed by atoms with Crippen molar-refractivity contribution in [3.05, 3.63) is 35.7 Å². The first kappa shape index (κ1) is 26.3. The average molecular weight is 509 g/mol. The molecule has 0 radical (unpaired) electrons. The monoisotopic (exact) mass is 508 g/mol. The Morgan fingerprint density at radius 1 is 0.811 bits per heavy atom. The van der Waals surface area contributed by atoms with Crippen molar-refractivity contribution in [3.63, 3.8) is 0 Å². The van der Waals surface area contributed by atoms with Gasteiger partial charge in [0.1, 0.15) is 0 Å². The van der Waals surface area contributed by atoms with Gasteiger partial charge in [-0.3, -0.25) is 0 Å². The topological polar surface area (TPSA) is 98.5 Å². The summed E-state index contributed by atoms with van der Waals surface area (Å²) in [6, 6.07) is 8.45. The maximum Gasteiger partial charge on any atom is 0.151 e. The van der Waals surface area contributed by atoms with Crippen LogP contribution < -0.4 is 9.80 Å². The Kier molecular flexibility index (Phi) is 6.94. The highest BCUT2D eigenvalue weighted by atomic mass is 16.3. The zero-order valence-electron chi connectivity index (χ0n) is 23.2. The molecule has 0 spiro atoms. The lowest BCUT2D eigenvalue weighted by Gasteiger charge is -2.51. The van der Waals surface area contributed by atoms with E-state index in [1.54, 1.807) is 0 Å². The normalized spacial score (nSPS) is 25.6. The van der Waals surface area contributed by atoms with E-state index in [0.717, 1.165) is 81.3 Å². The fourth-order valence-corrected chi connectivity index (χ4v) is 6.07. The van der Waals surface area contributed by atoms with E-state index >= 15 is 0 Å². The van der Waals surface area contributed by atoms with Gasteiger partial charge in [-0.25, -0.2) is 0 Å². The third-order valence-corrected chi connectivity index (χ3v) is 9.54. The summed E-state index contributed by atoms with van der Waals surface area (Å²) in [5, 5.41) is 38.1. The van der Waals surface area contributed by atoms with E-state index in [-0.39, 0.29) is 29.0 Å². The summed E-state index contributed by atoms with van der Waals surface area (Å²) in [6.45, 7) is 14.9. The molecule has 8 nitrogen and oxygen atoms in total. The summed E-state index contributed by atoms with van der Waals surface area (Å²) in [5.74, 6) is 2.62. The Hall–Kier alpha value is -2.32. The van der Waals surface area contributed by atoms with Gasteiger partial charge in [0.15, 0.2) is 11.6 Å². The molecule has 4 aliphatic rings. The van der Waals surface area contributed by atoms with Crippen LogP contribution in [0.4, 0.5) is 11.6 Å². The van der Waals surface area contributed by atoms with E-state index < -0.39 is 0 Å². The molecular formula is C29H44N6O2. The predicted octanol–water partition coefficient (Wildman–Crippen LogP) is 3.72. The zero-order chi connectivity index (χ0) is 26.4. The molecule has 1 saturated carbocycles. The van der Waals surface area contributed by atoms with Gasteiger partial charge in [0.25, 0.3) is 0 Å². The van der Waals surface area contributed by atoms with Gasteiger partial charge in [-0.05, 0) is 61.8 Å². The number of aromatic nitrogens is 4. The Balaban J connectivity index is 1.17. The van der Waals surface area contributed by atoms with Crippen molar-refractivity contribution in [2.24, 2.45) is 17.3 Å². The Morgan fingerprint density at radius 2 is 1.30 bits per heavy atom. The number of hydrogen-bond acceptors (Lipinski definition) is 8. The Labute approximate surface area is 221 Å². The first-order chi connectivity index (χ1) is 17.5. The first-order valence-corrected chi connectivity index (χ1v) is 14.0. The van der Waals surface area contributed by atoms with Crippen molar-refractivity contribution < 1.29 is 10.2 Å². The van der Waals surface area contributed by atoms with Gasteiger partial charge < -0.3 is 20.0 Å². The number of aliphatic hydroxyl groups is 2. The molecule has 5 heterocycles. The van der Waals surface area contributed by atoms with E-state index in [0.29, 0.717) is 11.8 Å². The van der Waals surface area contributed by atoms with Crippen molar-refractivity contribution in [2.45, 2.75) is 83.7 Å². The van der Waals surface area contributed by atoms with Gasteiger partial charge in [0, 0.05) is 55.5 Å². The van der Waals surface area contributed by atoms with Crippen LogP contribution in [0.2, 0.25) is 0 Å². The molecule has 1 aliphatic carbocycles. The van der Waals surface area contributed by atoms with Crippen molar-refractivity contribution >= 4 is 11.6 Å². The Bertz CT molecular complexity index is 1050. The van der Waals surface area contributed by atoms with Crippen LogP contribution in [0.5, 0.6) is 0 Å². The van der Waals surface area contributed by atoms with Crippen LogP contribution in [0.25, 0.3) is 0 Å². The molecule has 0 amide bonds. The number of piperidine rings is 3. The minimum Gasteiger partial charge on any atom is -0.396 e. The molecule has 0 aromatic carbocycles. The van der Waals surface area contributed by atoms with Gasteiger partial charge in [0.2, 0.25) is 0 Å². The van der Waals surface area contributed by atoms with Crippen LogP contribution in [0.15, 0.2) is 24.3 Å². The SMILES string of the molecule is CC1(CO)CCN(c2ccc(C(C)(C)CCC(C)(C)c3ccc(N4CC5CC(C4)C5O)nn3)nn2)CC1. The minimum atomic E-state index is -0.125. The van der Waals surface area contributed by atoms with E-state index in [9.17, 15) is 10.2 Å². The number of fused-ring (bicyclic) bond motifs is 2. The van der Waals surface area contributed by atoms with Gasteiger partial charge >= 0.3 is 0 Å². The quantitative estimate of drug-likeness (QED) is 0.557. The molecule has 8 heteroatoms. The lowest BCUT2D eigenvalue weighted by atomic mass is 9.68. The van der Waals surface area contributed by atoms with Gasteiger partial charge in [-0.1, -0.05) is 34.6 Å². The molecule has 2 N–H and O–H groups in total. The molecule has 2 unspecified atom stereocenters. The summed E-state index contributed by atoms with van der Waals surface area (Å²) in [5.41, 5.74) is 1.83. The van der Waals surface area contributed by atoms with Crippen molar-refractivity contribution in [1.82, 2.24) is 20.4 Å². The highest BCUT2D eigenvalue weighted by Gasteiger charge is 2.46. The maximum atomic E-state index is 10.1. The molecule has 2 bridgehead atoms. The Morgan fingerprint density at radius 3 is 1.70 bits per heavy atom. The number of hydrogen-bond donors (Lipinski definition) is 2. The lowest BCUT2D eigenvalue weighted by Crippen LogP contribution is -2.58. The maximum absolute atomic E-state index is 10.1. The second kappa shape index (κ2) is 9.77. The highest BCUT2D eigenvalue weighted by molar-refractivity contribution is 5.41. The number of rotatable bonds is 8. The van der Waals surface area contributed by atoms with Crippen LogP contribution in [-0.4, -0.2) is 69.5 Å². The van der Waals surface area contributed by atoms with E-state index in [4.69, 9.17) is 0 Å². The van der Waals surface area contributed by atoms with E-state index in [2.05, 4.69) is 89.1 Å².